The van der Waals surface area contributed by atoms with E-state index in [0.29, 0.717) is 5.75 Å². The second-order valence-corrected chi connectivity index (χ2v) is 2.17. The van der Waals surface area contributed by atoms with Gasteiger partial charge in [-0.05, 0) is 10.9 Å². The summed E-state index contributed by atoms with van der Waals surface area (Å²) in [5.74, 6) is 0.548. The lowest BCUT2D eigenvalue weighted by Crippen LogP contribution is -1.90. The molecule has 13 heavy (non-hydrogen) atoms. The Morgan fingerprint density at radius 2 is 2.38 bits per heavy atom. The first-order chi connectivity index (χ1) is 6.27. The summed E-state index contributed by atoms with van der Waals surface area (Å²) in [6.45, 7) is 0. The molecule has 1 aromatic carbocycles. The van der Waals surface area contributed by atoms with Gasteiger partial charge in [-0.1, -0.05) is 6.07 Å². The standard InChI is InChI=1S/C8H7N3O2/c1-13-8-4-2-3-7(5-8)11(12)10-6-9/h2-5H,1H3. The number of benzene rings is 1. The summed E-state index contributed by atoms with van der Waals surface area (Å²) in [6.07, 6.45) is 1.40. The Kier molecular flexibility index (Phi) is 2.82. The summed E-state index contributed by atoms with van der Waals surface area (Å²) in [5.41, 5.74) is 0.265. The van der Waals surface area contributed by atoms with Gasteiger partial charge in [-0.2, -0.15) is 5.26 Å². The number of hydrogen-bond donors (Lipinski definition) is 0. The van der Waals surface area contributed by atoms with Crippen LogP contribution >= 0.6 is 0 Å². The van der Waals surface area contributed by atoms with Crippen molar-refractivity contribution in [2.75, 3.05) is 7.11 Å². The van der Waals surface area contributed by atoms with Crippen LogP contribution in [0, 0.1) is 16.7 Å². The Bertz CT molecular complexity index is 368. The number of nitrogens with zero attached hydrogens (tertiary/aromatic N) is 3. The van der Waals surface area contributed by atoms with Crippen molar-refractivity contribution in [1.82, 2.24) is 0 Å². The second-order valence-electron chi connectivity index (χ2n) is 2.17. The Morgan fingerprint density at radius 1 is 1.62 bits per heavy atom. The van der Waals surface area contributed by atoms with Crippen LogP contribution in [0.5, 0.6) is 5.75 Å². The third kappa shape index (κ3) is 2.17. The Morgan fingerprint density at radius 3 is 3.00 bits per heavy atom. The van der Waals surface area contributed by atoms with Gasteiger partial charge in [0.25, 0.3) is 6.19 Å². The number of hydrogen-bond acceptors (Lipinski definition) is 4. The minimum Gasteiger partial charge on any atom is -0.593 e. The van der Waals surface area contributed by atoms with Gasteiger partial charge in [-0.3, -0.25) is 0 Å². The topological polar surface area (TPSA) is 71.4 Å². The zero-order valence-corrected chi connectivity index (χ0v) is 6.97. The molecule has 0 saturated carbocycles. The van der Waals surface area contributed by atoms with E-state index in [4.69, 9.17) is 10.00 Å². The molecule has 0 atom stereocenters. The summed E-state index contributed by atoms with van der Waals surface area (Å²) in [4.78, 5) is 0.239. The summed E-state index contributed by atoms with van der Waals surface area (Å²) < 4.78 is 4.89. The highest BCUT2D eigenvalue weighted by atomic mass is 16.5. The maximum absolute atomic E-state index is 11.0. The second kappa shape index (κ2) is 4.07. The normalized spacial score (nSPS) is 10.6. The zero-order chi connectivity index (χ0) is 9.68. The predicted octanol–water partition coefficient (Wildman–Crippen LogP) is 1.77. The van der Waals surface area contributed by atoms with Gasteiger partial charge >= 0.3 is 0 Å². The van der Waals surface area contributed by atoms with Gasteiger partial charge in [0.2, 0.25) is 5.69 Å². The average molecular weight is 177 g/mol. The highest BCUT2D eigenvalue weighted by Crippen LogP contribution is 2.18. The molecule has 0 bridgehead atoms. The molecule has 66 valence electrons. The lowest BCUT2D eigenvalue weighted by atomic mass is 10.3. The average Bonchev–Trinajstić information content (AvgIpc) is 2.18. The fraction of sp³-hybridized carbons (Fsp3) is 0.125. The van der Waals surface area contributed by atoms with Crippen LogP contribution in [-0.2, 0) is 0 Å². The molecule has 0 spiro atoms. The Labute approximate surface area is 75.1 Å². The summed E-state index contributed by atoms with van der Waals surface area (Å²) >= 11 is 0. The molecule has 0 amide bonds. The third-order valence-electron chi connectivity index (χ3n) is 1.41. The van der Waals surface area contributed by atoms with E-state index in [1.165, 1.54) is 25.4 Å². The molecule has 0 aliphatic rings. The first-order valence-corrected chi connectivity index (χ1v) is 3.49. The SMILES string of the molecule is COc1cccc([N+]([O-])=NC#N)c1. The number of rotatable bonds is 2. The van der Waals surface area contributed by atoms with Crippen molar-refractivity contribution in [2.45, 2.75) is 0 Å². The fourth-order valence-electron chi connectivity index (χ4n) is 0.828. The molecular formula is C8H7N3O2. The van der Waals surface area contributed by atoms with Crippen LogP contribution in [0.2, 0.25) is 0 Å². The van der Waals surface area contributed by atoms with E-state index in [2.05, 4.69) is 5.11 Å². The monoisotopic (exact) mass is 177 g/mol. The molecule has 1 rings (SSSR count). The molecule has 5 nitrogen and oxygen atoms in total. The van der Waals surface area contributed by atoms with E-state index < -0.39 is 0 Å². The van der Waals surface area contributed by atoms with E-state index in [1.54, 1.807) is 12.1 Å². The van der Waals surface area contributed by atoms with Gasteiger partial charge in [0, 0.05) is 6.07 Å². The number of ether oxygens (including phenoxy) is 1. The quantitative estimate of drug-likeness (QED) is 0.299. The summed E-state index contributed by atoms with van der Waals surface area (Å²) in [5, 5.41) is 22.1. The molecule has 0 fully saturated rings. The molecular weight excluding hydrogens is 170 g/mol. The van der Waals surface area contributed by atoms with Gasteiger partial charge < -0.3 is 9.94 Å². The molecule has 1 aromatic rings. The van der Waals surface area contributed by atoms with Gasteiger partial charge in [0.1, 0.15) is 5.75 Å². The Balaban J connectivity index is 3.03. The first kappa shape index (κ1) is 9.00. The van der Waals surface area contributed by atoms with E-state index in [9.17, 15) is 5.21 Å². The minimum atomic E-state index is 0.239. The number of nitriles is 1. The minimum absolute atomic E-state index is 0.239. The highest BCUT2D eigenvalue weighted by Gasteiger charge is 2.03. The molecule has 0 unspecified atom stereocenters. The molecule has 0 radical (unpaired) electrons. The number of azo groups is 1. The molecule has 0 heterocycles. The third-order valence-corrected chi connectivity index (χ3v) is 1.41. The molecule has 0 aliphatic heterocycles. The van der Waals surface area contributed by atoms with Crippen molar-refractivity contribution in [1.29, 1.82) is 5.26 Å². The van der Waals surface area contributed by atoms with Crippen LogP contribution in [-0.4, -0.2) is 12.0 Å². The van der Waals surface area contributed by atoms with E-state index >= 15 is 0 Å². The van der Waals surface area contributed by atoms with Crippen molar-refractivity contribution in [2.24, 2.45) is 5.11 Å². The van der Waals surface area contributed by atoms with Crippen LogP contribution in [0.4, 0.5) is 5.69 Å². The van der Waals surface area contributed by atoms with E-state index in [0.717, 1.165) is 0 Å². The lowest BCUT2D eigenvalue weighted by Gasteiger charge is -2.00. The smallest absolute Gasteiger partial charge is 0.274 e. The van der Waals surface area contributed by atoms with Gasteiger partial charge in [0.15, 0.2) is 0 Å². The van der Waals surface area contributed by atoms with Crippen LogP contribution in [0.15, 0.2) is 29.4 Å². The van der Waals surface area contributed by atoms with Crippen molar-refractivity contribution in [3.63, 3.8) is 0 Å². The molecule has 0 aromatic heterocycles. The van der Waals surface area contributed by atoms with Crippen molar-refractivity contribution in [3.05, 3.63) is 29.5 Å². The van der Waals surface area contributed by atoms with E-state index in [-0.39, 0.29) is 10.5 Å². The predicted molar refractivity (Wildman–Crippen MR) is 44.3 cm³/mol. The van der Waals surface area contributed by atoms with Crippen LogP contribution in [0.3, 0.4) is 0 Å². The zero-order valence-electron chi connectivity index (χ0n) is 6.97. The largest absolute Gasteiger partial charge is 0.593 e. The lowest BCUT2D eigenvalue weighted by molar-refractivity contribution is -0.435. The van der Waals surface area contributed by atoms with Crippen molar-refractivity contribution >= 4 is 5.69 Å². The van der Waals surface area contributed by atoms with E-state index in [1.807, 2.05) is 0 Å². The van der Waals surface area contributed by atoms with Crippen molar-refractivity contribution < 1.29 is 9.60 Å². The van der Waals surface area contributed by atoms with Crippen LogP contribution in [0.25, 0.3) is 0 Å². The van der Waals surface area contributed by atoms with Gasteiger partial charge in [-0.25, -0.2) is 0 Å². The maximum Gasteiger partial charge on any atom is 0.274 e. The highest BCUT2D eigenvalue weighted by molar-refractivity contribution is 5.37. The number of methoxy groups -OCH3 is 1. The first-order valence-electron chi connectivity index (χ1n) is 3.49. The molecule has 5 heteroatoms. The van der Waals surface area contributed by atoms with Gasteiger partial charge in [-0.15, -0.1) is 0 Å². The fourth-order valence-corrected chi connectivity index (χ4v) is 0.828. The van der Waals surface area contributed by atoms with Crippen LogP contribution in [0.1, 0.15) is 0 Å². The maximum atomic E-state index is 11.0. The molecule has 0 aliphatic carbocycles. The van der Waals surface area contributed by atoms with Crippen molar-refractivity contribution in [3.8, 4) is 11.9 Å². The van der Waals surface area contributed by atoms with Gasteiger partial charge in [0.05, 0.1) is 18.3 Å². The molecule has 0 N–H and O–H groups in total. The Hall–Kier alpha value is -2.09. The summed E-state index contributed by atoms with van der Waals surface area (Å²) in [6, 6.07) is 6.37. The van der Waals surface area contributed by atoms with Crippen LogP contribution < -0.4 is 4.74 Å². The summed E-state index contributed by atoms with van der Waals surface area (Å²) in [7, 11) is 1.50. The molecule has 0 saturated heterocycles.